The monoisotopic (exact) mass is 465 g/mol. The van der Waals surface area contributed by atoms with E-state index in [0.717, 1.165) is 4.88 Å². The number of rotatable bonds is 4. The van der Waals surface area contributed by atoms with Crippen LogP contribution in [0.15, 0.2) is 47.8 Å². The topological polar surface area (TPSA) is 96.3 Å². The van der Waals surface area contributed by atoms with Gasteiger partial charge >= 0.3 is 0 Å². The first-order chi connectivity index (χ1) is 15.5. The van der Waals surface area contributed by atoms with Gasteiger partial charge in [0.2, 0.25) is 11.8 Å². The SMILES string of the molecule is CC(=O)Nc1ccc(N2C(=O)c3cc(-c4cccs4)nn3CC2(C)C(=O)NC(C)(C)C)cc1. The molecule has 4 rings (SSSR count). The van der Waals surface area contributed by atoms with Crippen molar-refractivity contribution in [2.45, 2.75) is 52.2 Å². The van der Waals surface area contributed by atoms with Crippen molar-refractivity contribution in [1.29, 1.82) is 0 Å². The van der Waals surface area contributed by atoms with E-state index in [-0.39, 0.29) is 24.3 Å². The lowest BCUT2D eigenvalue weighted by atomic mass is 9.92. The van der Waals surface area contributed by atoms with Crippen molar-refractivity contribution in [2.24, 2.45) is 0 Å². The molecule has 1 aromatic carbocycles. The minimum Gasteiger partial charge on any atom is -0.349 e. The van der Waals surface area contributed by atoms with Crippen LogP contribution in [0.2, 0.25) is 0 Å². The zero-order chi connectivity index (χ0) is 24.0. The van der Waals surface area contributed by atoms with Crippen LogP contribution in [-0.2, 0) is 16.1 Å². The molecule has 0 bridgehead atoms. The maximum Gasteiger partial charge on any atom is 0.277 e. The van der Waals surface area contributed by atoms with Gasteiger partial charge in [0, 0.05) is 23.8 Å². The van der Waals surface area contributed by atoms with Crippen LogP contribution in [0, 0.1) is 0 Å². The van der Waals surface area contributed by atoms with Crippen molar-refractivity contribution in [3.05, 3.63) is 53.5 Å². The summed E-state index contributed by atoms with van der Waals surface area (Å²) in [6.07, 6.45) is 0. The highest BCUT2D eigenvalue weighted by Gasteiger charge is 2.49. The highest BCUT2D eigenvalue weighted by Crippen LogP contribution is 2.35. The van der Waals surface area contributed by atoms with Crippen molar-refractivity contribution < 1.29 is 14.4 Å². The summed E-state index contributed by atoms with van der Waals surface area (Å²) in [5.74, 6) is -0.764. The van der Waals surface area contributed by atoms with Crippen molar-refractivity contribution in [1.82, 2.24) is 15.1 Å². The molecule has 0 aliphatic carbocycles. The van der Waals surface area contributed by atoms with Gasteiger partial charge in [-0.05, 0) is 69.5 Å². The Balaban J connectivity index is 1.79. The first kappa shape index (κ1) is 22.7. The highest BCUT2D eigenvalue weighted by atomic mass is 32.1. The molecule has 0 saturated heterocycles. The van der Waals surface area contributed by atoms with Gasteiger partial charge in [-0.3, -0.25) is 24.0 Å². The van der Waals surface area contributed by atoms with Crippen molar-refractivity contribution in [3.63, 3.8) is 0 Å². The number of carbonyl (C=O) groups is 3. The number of hydrogen-bond acceptors (Lipinski definition) is 5. The number of benzene rings is 1. The second-order valence-electron chi connectivity index (χ2n) is 9.40. The number of carbonyl (C=O) groups excluding carboxylic acids is 3. The van der Waals surface area contributed by atoms with Crippen LogP contribution < -0.4 is 15.5 Å². The lowest BCUT2D eigenvalue weighted by Crippen LogP contribution is -2.66. The number of thiophene rings is 1. The first-order valence-corrected chi connectivity index (χ1v) is 11.5. The van der Waals surface area contributed by atoms with E-state index in [1.165, 1.54) is 11.8 Å². The van der Waals surface area contributed by atoms with Gasteiger partial charge in [-0.1, -0.05) is 6.07 Å². The molecule has 8 nitrogen and oxygen atoms in total. The van der Waals surface area contributed by atoms with Crippen LogP contribution in [0.4, 0.5) is 11.4 Å². The molecular formula is C24H27N5O3S. The third kappa shape index (κ3) is 4.41. The predicted molar refractivity (Wildman–Crippen MR) is 129 cm³/mol. The maximum atomic E-state index is 13.8. The van der Waals surface area contributed by atoms with Gasteiger partial charge < -0.3 is 10.6 Å². The largest absolute Gasteiger partial charge is 0.349 e. The predicted octanol–water partition coefficient (Wildman–Crippen LogP) is 3.90. The number of hydrogen-bond donors (Lipinski definition) is 2. The Morgan fingerprint density at radius 2 is 1.85 bits per heavy atom. The Labute approximate surface area is 196 Å². The second kappa shape index (κ2) is 8.15. The lowest BCUT2D eigenvalue weighted by Gasteiger charge is -2.44. The van der Waals surface area contributed by atoms with Gasteiger partial charge in [-0.15, -0.1) is 11.3 Å². The fourth-order valence-electron chi connectivity index (χ4n) is 3.90. The summed E-state index contributed by atoms with van der Waals surface area (Å²) >= 11 is 1.54. The van der Waals surface area contributed by atoms with Crippen LogP contribution in [-0.4, -0.2) is 38.6 Å². The number of nitrogens with one attached hydrogen (secondary N) is 2. The summed E-state index contributed by atoms with van der Waals surface area (Å²) in [7, 11) is 0. The third-order valence-corrected chi connectivity index (χ3v) is 6.24. The zero-order valence-electron chi connectivity index (χ0n) is 19.3. The Bertz CT molecular complexity index is 1210. The van der Waals surface area contributed by atoms with Crippen molar-refractivity contribution in [3.8, 4) is 10.6 Å². The molecule has 0 spiro atoms. The van der Waals surface area contributed by atoms with E-state index in [1.807, 2.05) is 38.3 Å². The van der Waals surface area contributed by atoms with E-state index in [0.29, 0.717) is 22.8 Å². The number of nitrogens with zero attached hydrogens (tertiary/aromatic N) is 3. The van der Waals surface area contributed by atoms with Crippen LogP contribution in [0.25, 0.3) is 10.6 Å². The zero-order valence-corrected chi connectivity index (χ0v) is 20.1. The molecule has 3 amide bonds. The highest BCUT2D eigenvalue weighted by molar-refractivity contribution is 7.13. The van der Waals surface area contributed by atoms with Gasteiger partial charge in [0.25, 0.3) is 5.91 Å². The molecule has 0 saturated carbocycles. The Morgan fingerprint density at radius 3 is 2.42 bits per heavy atom. The van der Waals surface area contributed by atoms with Crippen LogP contribution in [0.1, 0.15) is 45.1 Å². The lowest BCUT2D eigenvalue weighted by molar-refractivity contribution is -0.128. The summed E-state index contributed by atoms with van der Waals surface area (Å²) in [5, 5.41) is 12.3. The molecule has 9 heteroatoms. The summed E-state index contributed by atoms with van der Waals surface area (Å²) in [5.41, 5.74) is 0.606. The molecule has 1 unspecified atom stereocenters. The summed E-state index contributed by atoms with van der Waals surface area (Å²) in [4.78, 5) is 41.1. The molecule has 3 aromatic rings. The molecule has 2 N–H and O–H groups in total. The quantitative estimate of drug-likeness (QED) is 0.611. The van der Waals surface area contributed by atoms with Gasteiger partial charge in [0.1, 0.15) is 16.9 Å². The fraction of sp³-hybridized carbons (Fsp3) is 0.333. The molecule has 33 heavy (non-hydrogen) atoms. The Kier molecular flexibility index (Phi) is 5.61. The standard InChI is InChI=1S/C24H27N5O3S/c1-15(30)25-16-8-10-17(11-9-16)29-21(31)19-13-18(20-7-6-12-33-20)27-28(19)14-24(29,5)22(32)26-23(2,3)4/h6-13H,14H2,1-5H3,(H,25,30)(H,26,32). The molecule has 1 aliphatic heterocycles. The number of aromatic nitrogens is 2. The van der Waals surface area contributed by atoms with Crippen LogP contribution in [0.5, 0.6) is 0 Å². The third-order valence-electron chi connectivity index (χ3n) is 5.35. The summed E-state index contributed by atoms with van der Waals surface area (Å²) in [6, 6.07) is 12.6. The van der Waals surface area contributed by atoms with E-state index >= 15 is 0 Å². The fourth-order valence-corrected chi connectivity index (χ4v) is 4.58. The number of amides is 3. The molecular weight excluding hydrogens is 438 g/mol. The van der Waals surface area contributed by atoms with Crippen LogP contribution in [0.3, 0.4) is 0 Å². The summed E-state index contributed by atoms with van der Waals surface area (Å²) < 4.78 is 1.63. The minimum atomic E-state index is -1.22. The van der Waals surface area contributed by atoms with E-state index < -0.39 is 11.1 Å². The minimum absolute atomic E-state index is 0.184. The molecule has 0 fully saturated rings. The van der Waals surface area contributed by atoms with E-state index in [4.69, 9.17) is 0 Å². The van der Waals surface area contributed by atoms with Crippen molar-refractivity contribution in [2.75, 3.05) is 10.2 Å². The number of fused-ring (bicyclic) bond motifs is 1. The molecule has 1 aliphatic rings. The second-order valence-corrected chi connectivity index (χ2v) is 10.3. The van der Waals surface area contributed by atoms with Crippen molar-refractivity contribution >= 4 is 40.4 Å². The average molecular weight is 466 g/mol. The molecule has 0 radical (unpaired) electrons. The van der Waals surface area contributed by atoms with Gasteiger partial charge in [0.15, 0.2) is 0 Å². The summed E-state index contributed by atoms with van der Waals surface area (Å²) in [6.45, 7) is 9.10. The van der Waals surface area contributed by atoms with E-state index in [2.05, 4.69) is 15.7 Å². The normalized spacial score (nSPS) is 18.1. The maximum absolute atomic E-state index is 13.8. The Morgan fingerprint density at radius 1 is 1.15 bits per heavy atom. The van der Waals surface area contributed by atoms with Gasteiger partial charge in [-0.2, -0.15) is 5.10 Å². The van der Waals surface area contributed by atoms with E-state index in [9.17, 15) is 14.4 Å². The van der Waals surface area contributed by atoms with Crippen LogP contribution >= 0.6 is 11.3 Å². The molecule has 1 atom stereocenters. The molecule has 172 valence electrons. The van der Waals surface area contributed by atoms with Gasteiger partial charge in [0.05, 0.1) is 11.4 Å². The first-order valence-electron chi connectivity index (χ1n) is 10.6. The molecule has 2 aromatic heterocycles. The Hall–Kier alpha value is -3.46. The average Bonchev–Trinajstić information content (AvgIpc) is 3.37. The smallest absolute Gasteiger partial charge is 0.277 e. The van der Waals surface area contributed by atoms with Gasteiger partial charge in [-0.25, -0.2) is 0 Å². The van der Waals surface area contributed by atoms with E-state index in [1.54, 1.807) is 53.3 Å². The number of anilines is 2. The molecule has 3 heterocycles.